The Kier molecular flexibility index (Phi) is 17.5. The van der Waals surface area contributed by atoms with Crippen molar-refractivity contribution in [1.82, 2.24) is 5.32 Å². The van der Waals surface area contributed by atoms with Crippen molar-refractivity contribution in [2.75, 3.05) is 32.8 Å². The van der Waals surface area contributed by atoms with Gasteiger partial charge in [-0.3, -0.25) is 9.79 Å². The van der Waals surface area contributed by atoms with Gasteiger partial charge in [0.2, 0.25) is 5.91 Å². The number of nitrogens with one attached hydrogen (secondary N) is 1. The van der Waals surface area contributed by atoms with Crippen LogP contribution in [0.25, 0.3) is 0 Å². The molecule has 0 saturated heterocycles. The van der Waals surface area contributed by atoms with Crippen LogP contribution >= 0.6 is 0 Å². The molecule has 7 N–H and O–H groups in total. The Hall–Kier alpha value is -1.34. The highest BCUT2D eigenvalue weighted by atomic mass is 16.5. The summed E-state index contributed by atoms with van der Waals surface area (Å²) in [5.74, 6) is 0.109. The summed E-state index contributed by atoms with van der Waals surface area (Å²) in [5, 5.41) is 2.75. The molecular weight excluding hydrogens is 246 g/mol. The van der Waals surface area contributed by atoms with Crippen LogP contribution in [0, 0.1) is 0 Å². The lowest BCUT2D eigenvalue weighted by atomic mass is 10.2. The Balaban J connectivity index is 0. The minimum Gasteiger partial charge on any atom is -0.378 e. The van der Waals surface area contributed by atoms with Crippen molar-refractivity contribution in [1.29, 1.82) is 0 Å². The molecule has 0 aliphatic heterocycles. The monoisotopic (exact) mass is 275 g/mol. The minimum absolute atomic E-state index is 0.0195. The summed E-state index contributed by atoms with van der Waals surface area (Å²) in [6.45, 7) is 6.60. The number of amides is 1. The Morgan fingerprint density at radius 1 is 1.21 bits per heavy atom. The van der Waals surface area contributed by atoms with E-state index in [0.717, 1.165) is 12.8 Å². The van der Waals surface area contributed by atoms with Crippen LogP contribution in [0.2, 0.25) is 0 Å². The first-order valence-electron chi connectivity index (χ1n) is 6.76. The Morgan fingerprint density at radius 3 is 2.47 bits per heavy atom. The molecule has 0 unspecified atom stereocenters. The van der Waals surface area contributed by atoms with E-state index in [1.165, 1.54) is 0 Å². The summed E-state index contributed by atoms with van der Waals surface area (Å²) in [5.41, 5.74) is 15.6. The normalized spacial score (nSPS) is 9.21. The third kappa shape index (κ3) is 19.2. The van der Waals surface area contributed by atoms with E-state index in [9.17, 15) is 4.79 Å². The minimum atomic E-state index is 0.0195. The number of nitrogens with two attached hydrogens (primary N) is 3. The number of hydrogen-bond acceptors (Lipinski definition) is 4. The van der Waals surface area contributed by atoms with Gasteiger partial charge in [0.1, 0.15) is 0 Å². The molecule has 0 radical (unpaired) electrons. The summed E-state index contributed by atoms with van der Waals surface area (Å²) >= 11 is 0. The van der Waals surface area contributed by atoms with E-state index in [-0.39, 0.29) is 11.9 Å². The van der Waals surface area contributed by atoms with Gasteiger partial charge in [-0.05, 0) is 12.8 Å². The molecular formula is C12H29N5O2. The highest BCUT2D eigenvalue weighted by Gasteiger charge is 1.99. The topological polar surface area (TPSA) is 129 Å². The maximum Gasteiger partial charge on any atom is 0.220 e. The van der Waals surface area contributed by atoms with E-state index in [0.29, 0.717) is 39.3 Å². The van der Waals surface area contributed by atoms with Crippen molar-refractivity contribution in [3.8, 4) is 0 Å². The highest BCUT2D eigenvalue weighted by Crippen LogP contribution is 1.95. The summed E-state index contributed by atoms with van der Waals surface area (Å²) < 4.78 is 5.12. The van der Waals surface area contributed by atoms with Crippen molar-refractivity contribution in [3.63, 3.8) is 0 Å². The van der Waals surface area contributed by atoms with Crippen LogP contribution in [0.15, 0.2) is 4.99 Å². The molecule has 0 bridgehead atoms. The zero-order valence-corrected chi connectivity index (χ0v) is 12.2. The third-order valence-corrected chi connectivity index (χ3v) is 1.94. The molecule has 0 atom stereocenters. The van der Waals surface area contributed by atoms with E-state index in [1.807, 2.05) is 13.8 Å². The van der Waals surface area contributed by atoms with E-state index in [4.69, 9.17) is 21.9 Å². The van der Waals surface area contributed by atoms with Crippen LogP contribution in [0.1, 0.15) is 33.1 Å². The second kappa shape index (κ2) is 16.7. The van der Waals surface area contributed by atoms with E-state index in [1.54, 1.807) is 0 Å². The molecule has 7 nitrogen and oxygen atoms in total. The van der Waals surface area contributed by atoms with Crippen LogP contribution < -0.4 is 22.5 Å². The van der Waals surface area contributed by atoms with Gasteiger partial charge in [0, 0.05) is 26.1 Å². The van der Waals surface area contributed by atoms with Crippen molar-refractivity contribution in [2.45, 2.75) is 33.1 Å². The molecule has 7 heteroatoms. The lowest BCUT2D eigenvalue weighted by molar-refractivity contribution is -0.121. The number of aliphatic imine (C=N–C) groups is 1. The fourth-order valence-corrected chi connectivity index (χ4v) is 1.14. The molecule has 1 amide bonds. The molecule has 0 aliphatic rings. The zero-order chi connectivity index (χ0) is 14.9. The SMILES string of the molecule is CC.NCCOCCNC(=O)CCCCN=C(N)N. The number of rotatable bonds is 10. The summed E-state index contributed by atoms with van der Waals surface area (Å²) in [6, 6.07) is 0. The van der Waals surface area contributed by atoms with Crippen molar-refractivity contribution < 1.29 is 9.53 Å². The lowest BCUT2D eigenvalue weighted by Crippen LogP contribution is -2.27. The lowest BCUT2D eigenvalue weighted by Gasteiger charge is -2.05. The summed E-state index contributed by atoms with van der Waals surface area (Å²) in [6.07, 6.45) is 2.05. The van der Waals surface area contributed by atoms with E-state index >= 15 is 0 Å². The molecule has 0 spiro atoms. The van der Waals surface area contributed by atoms with Gasteiger partial charge in [-0.15, -0.1) is 0 Å². The van der Waals surface area contributed by atoms with Gasteiger partial charge in [-0.2, -0.15) is 0 Å². The van der Waals surface area contributed by atoms with Gasteiger partial charge < -0.3 is 27.3 Å². The van der Waals surface area contributed by atoms with Gasteiger partial charge in [0.05, 0.1) is 13.2 Å². The number of nitrogens with zero attached hydrogens (tertiary/aromatic N) is 1. The fourth-order valence-electron chi connectivity index (χ4n) is 1.14. The second-order valence-electron chi connectivity index (χ2n) is 3.51. The standard InChI is InChI=1S/C10H23N5O2.C2H6/c11-4-7-17-8-6-14-9(16)3-1-2-5-15-10(12)13;1-2/h1-8,11H2,(H,14,16)(H4,12,13,15);1-2H3. The van der Waals surface area contributed by atoms with Crippen molar-refractivity contribution in [2.24, 2.45) is 22.2 Å². The molecule has 0 heterocycles. The maximum absolute atomic E-state index is 11.3. The summed E-state index contributed by atoms with van der Waals surface area (Å²) in [7, 11) is 0. The quantitative estimate of drug-likeness (QED) is 0.244. The second-order valence-corrected chi connectivity index (χ2v) is 3.51. The van der Waals surface area contributed by atoms with Gasteiger partial charge in [-0.1, -0.05) is 13.8 Å². The van der Waals surface area contributed by atoms with Crippen LogP contribution in [-0.2, 0) is 9.53 Å². The van der Waals surface area contributed by atoms with Crippen LogP contribution in [-0.4, -0.2) is 44.7 Å². The number of carbonyl (C=O) groups excluding carboxylic acids is 1. The van der Waals surface area contributed by atoms with Gasteiger partial charge in [0.15, 0.2) is 5.96 Å². The molecule has 0 aromatic rings. The first kappa shape index (κ1) is 20.0. The first-order valence-corrected chi connectivity index (χ1v) is 6.76. The van der Waals surface area contributed by atoms with Gasteiger partial charge >= 0.3 is 0 Å². The molecule has 0 saturated carbocycles. The van der Waals surface area contributed by atoms with Gasteiger partial charge in [-0.25, -0.2) is 0 Å². The number of hydrogen-bond donors (Lipinski definition) is 4. The van der Waals surface area contributed by atoms with E-state index in [2.05, 4.69) is 10.3 Å². The number of ether oxygens (including phenoxy) is 1. The Morgan fingerprint density at radius 2 is 1.89 bits per heavy atom. The third-order valence-electron chi connectivity index (χ3n) is 1.94. The molecule has 114 valence electrons. The average molecular weight is 275 g/mol. The average Bonchev–Trinajstić information content (AvgIpc) is 2.40. The number of unbranched alkanes of at least 4 members (excludes halogenated alkanes) is 1. The van der Waals surface area contributed by atoms with Crippen molar-refractivity contribution in [3.05, 3.63) is 0 Å². The Bertz CT molecular complexity index is 230. The molecule has 0 aliphatic carbocycles. The van der Waals surface area contributed by atoms with Crippen LogP contribution in [0.3, 0.4) is 0 Å². The summed E-state index contributed by atoms with van der Waals surface area (Å²) in [4.78, 5) is 15.1. The van der Waals surface area contributed by atoms with Crippen molar-refractivity contribution >= 4 is 11.9 Å². The fraction of sp³-hybridized carbons (Fsp3) is 0.833. The maximum atomic E-state index is 11.3. The van der Waals surface area contributed by atoms with Crippen LogP contribution in [0.4, 0.5) is 0 Å². The molecule has 0 aromatic carbocycles. The molecule has 0 rings (SSSR count). The molecule has 0 fully saturated rings. The molecule has 19 heavy (non-hydrogen) atoms. The first-order chi connectivity index (χ1) is 9.16. The van der Waals surface area contributed by atoms with E-state index < -0.39 is 0 Å². The zero-order valence-electron chi connectivity index (χ0n) is 12.2. The predicted molar refractivity (Wildman–Crippen MR) is 78.8 cm³/mol. The highest BCUT2D eigenvalue weighted by molar-refractivity contribution is 5.76. The predicted octanol–water partition coefficient (Wildman–Crippen LogP) is -0.452. The number of guanidine groups is 1. The van der Waals surface area contributed by atoms with Gasteiger partial charge in [0.25, 0.3) is 0 Å². The molecule has 0 aromatic heterocycles. The largest absolute Gasteiger partial charge is 0.378 e. The smallest absolute Gasteiger partial charge is 0.220 e. The number of carbonyl (C=O) groups is 1. The van der Waals surface area contributed by atoms with Crippen LogP contribution in [0.5, 0.6) is 0 Å². The Labute approximate surface area is 115 Å².